The smallest absolute Gasteiger partial charge is 0.226 e. The van der Waals surface area contributed by atoms with Gasteiger partial charge in [-0.15, -0.1) is 11.3 Å². The van der Waals surface area contributed by atoms with Crippen LogP contribution in [-0.4, -0.2) is 59.5 Å². The third kappa shape index (κ3) is 6.35. The highest BCUT2D eigenvalue weighted by Crippen LogP contribution is 2.15. The Bertz CT molecular complexity index is 954. The molecule has 31 heavy (non-hydrogen) atoms. The van der Waals surface area contributed by atoms with E-state index in [-0.39, 0.29) is 11.9 Å². The van der Waals surface area contributed by atoms with Crippen molar-refractivity contribution < 1.29 is 4.79 Å². The molecule has 1 fully saturated rings. The molecule has 2 aromatic heterocycles. The Balaban J connectivity index is 1.19. The first-order valence-electron chi connectivity index (χ1n) is 10.8. The van der Waals surface area contributed by atoms with Gasteiger partial charge in [0.05, 0.1) is 17.1 Å². The van der Waals surface area contributed by atoms with Gasteiger partial charge in [0.25, 0.3) is 0 Å². The monoisotopic (exact) mass is 435 g/mol. The van der Waals surface area contributed by atoms with Crippen LogP contribution in [0.15, 0.2) is 60.1 Å². The van der Waals surface area contributed by atoms with Gasteiger partial charge in [0.15, 0.2) is 0 Å². The number of aromatic nitrogens is 2. The van der Waals surface area contributed by atoms with E-state index in [9.17, 15) is 4.79 Å². The Labute approximate surface area is 187 Å². The molecule has 1 unspecified atom stereocenters. The Morgan fingerprint density at radius 1 is 1.10 bits per heavy atom. The van der Waals surface area contributed by atoms with Crippen molar-refractivity contribution >= 4 is 23.1 Å². The second-order valence-electron chi connectivity index (χ2n) is 8.02. The molecule has 162 valence electrons. The maximum absolute atomic E-state index is 12.5. The first-order chi connectivity index (χ1) is 15.2. The molecule has 0 aliphatic carbocycles. The fraction of sp³-hybridized carbons (Fsp3) is 0.375. The van der Waals surface area contributed by atoms with Gasteiger partial charge in [-0.3, -0.25) is 9.69 Å². The molecule has 0 bridgehead atoms. The number of anilines is 1. The average molecular weight is 436 g/mol. The van der Waals surface area contributed by atoms with Crippen LogP contribution in [0.4, 0.5) is 5.82 Å². The molecule has 0 radical (unpaired) electrons. The molecule has 6 nitrogen and oxygen atoms in total. The summed E-state index contributed by atoms with van der Waals surface area (Å²) in [5.74, 6) is 1.08. The highest BCUT2D eigenvalue weighted by atomic mass is 32.1. The van der Waals surface area contributed by atoms with E-state index < -0.39 is 0 Å². The summed E-state index contributed by atoms with van der Waals surface area (Å²) in [6.07, 6.45) is 2.99. The topological polar surface area (TPSA) is 61.4 Å². The second kappa shape index (κ2) is 10.5. The summed E-state index contributed by atoms with van der Waals surface area (Å²) < 4.78 is 0. The number of hydrogen-bond acceptors (Lipinski definition) is 6. The van der Waals surface area contributed by atoms with Crippen LogP contribution in [0, 0.1) is 0 Å². The van der Waals surface area contributed by atoms with E-state index in [2.05, 4.69) is 50.2 Å². The van der Waals surface area contributed by atoms with E-state index in [1.165, 1.54) is 5.56 Å². The summed E-state index contributed by atoms with van der Waals surface area (Å²) >= 11 is 1.62. The largest absolute Gasteiger partial charge is 0.354 e. The Kier molecular flexibility index (Phi) is 7.27. The molecule has 1 N–H and O–H groups in total. The van der Waals surface area contributed by atoms with Crippen LogP contribution in [-0.2, 0) is 17.6 Å². The Morgan fingerprint density at radius 2 is 1.87 bits per heavy atom. The molecule has 1 aliphatic rings. The van der Waals surface area contributed by atoms with Crippen molar-refractivity contribution in [3.05, 3.63) is 76.4 Å². The van der Waals surface area contributed by atoms with E-state index in [4.69, 9.17) is 0 Å². The molecular weight excluding hydrogens is 406 g/mol. The lowest BCUT2D eigenvalue weighted by molar-refractivity contribution is -0.121. The number of benzene rings is 1. The molecule has 1 aliphatic heterocycles. The summed E-state index contributed by atoms with van der Waals surface area (Å²) in [7, 11) is 0. The fourth-order valence-corrected chi connectivity index (χ4v) is 4.73. The van der Waals surface area contributed by atoms with Crippen LogP contribution in [0.25, 0.3) is 0 Å². The molecule has 0 spiro atoms. The van der Waals surface area contributed by atoms with Gasteiger partial charge in [0.2, 0.25) is 5.91 Å². The van der Waals surface area contributed by atoms with Crippen molar-refractivity contribution in [1.29, 1.82) is 0 Å². The number of nitrogens with one attached hydrogen (secondary N) is 1. The molecule has 1 aromatic carbocycles. The minimum Gasteiger partial charge on any atom is -0.354 e. The lowest BCUT2D eigenvalue weighted by atomic mass is 10.2. The lowest BCUT2D eigenvalue weighted by Gasteiger charge is -2.36. The number of carbonyl (C=O) groups is 1. The number of rotatable bonds is 8. The van der Waals surface area contributed by atoms with Gasteiger partial charge in [0.1, 0.15) is 5.82 Å². The van der Waals surface area contributed by atoms with Gasteiger partial charge in [-0.05, 0) is 24.6 Å². The number of nitrogens with zero attached hydrogens (tertiary/aromatic N) is 4. The van der Waals surface area contributed by atoms with E-state index in [1.807, 2.05) is 41.9 Å². The van der Waals surface area contributed by atoms with E-state index in [1.54, 1.807) is 11.3 Å². The van der Waals surface area contributed by atoms with E-state index >= 15 is 0 Å². The quantitative estimate of drug-likeness (QED) is 0.589. The van der Waals surface area contributed by atoms with Gasteiger partial charge in [-0.2, -0.15) is 0 Å². The Hall–Kier alpha value is -2.77. The van der Waals surface area contributed by atoms with Crippen molar-refractivity contribution in [2.24, 2.45) is 0 Å². The minimum atomic E-state index is 0.0381. The molecule has 3 aromatic rings. The number of carbonyl (C=O) groups excluding carboxylic acids is 1. The van der Waals surface area contributed by atoms with Crippen LogP contribution in [0.3, 0.4) is 0 Å². The van der Waals surface area contributed by atoms with Crippen LogP contribution < -0.4 is 10.2 Å². The van der Waals surface area contributed by atoms with Gasteiger partial charge in [-0.25, -0.2) is 9.97 Å². The number of piperazine rings is 1. The van der Waals surface area contributed by atoms with Crippen LogP contribution in [0.5, 0.6) is 0 Å². The normalized spacial score (nSPS) is 15.6. The summed E-state index contributed by atoms with van der Waals surface area (Å²) in [5.41, 5.74) is 2.09. The third-order valence-electron chi connectivity index (χ3n) is 5.42. The third-order valence-corrected chi connectivity index (χ3v) is 6.32. The maximum Gasteiger partial charge on any atom is 0.226 e. The van der Waals surface area contributed by atoms with Crippen molar-refractivity contribution in [2.75, 3.05) is 37.6 Å². The predicted molar refractivity (Wildman–Crippen MR) is 126 cm³/mol. The van der Waals surface area contributed by atoms with Crippen molar-refractivity contribution in [3.63, 3.8) is 0 Å². The van der Waals surface area contributed by atoms with Crippen LogP contribution in [0.2, 0.25) is 0 Å². The highest BCUT2D eigenvalue weighted by molar-refractivity contribution is 7.09. The summed E-state index contributed by atoms with van der Waals surface area (Å²) in [5, 5.41) is 6.18. The van der Waals surface area contributed by atoms with E-state index in [0.29, 0.717) is 6.42 Å². The van der Waals surface area contributed by atoms with E-state index in [0.717, 1.165) is 55.7 Å². The lowest BCUT2D eigenvalue weighted by Crippen LogP contribution is -2.51. The molecule has 1 saturated heterocycles. The Morgan fingerprint density at radius 3 is 2.61 bits per heavy atom. The number of amides is 1. The highest BCUT2D eigenvalue weighted by Gasteiger charge is 2.20. The van der Waals surface area contributed by atoms with Gasteiger partial charge in [-0.1, -0.05) is 36.4 Å². The van der Waals surface area contributed by atoms with Crippen molar-refractivity contribution in [2.45, 2.75) is 25.8 Å². The zero-order valence-corrected chi connectivity index (χ0v) is 18.7. The fourth-order valence-electron chi connectivity index (χ4n) is 3.91. The molecule has 3 heterocycles. The summed E-state index contributed by atoms with van der Waals surface area (Å²) in [4.78, 5) is 26.3. The number of thiazole rings is 1. The zero-order chi connectivity index (χ0) is 21.5. The number of pyridine rings is 1. The predicted octanol–water partition coefficient (Wildman–Crippen LogP) is 3.00. The number of hydrogen-bond donors (Lipinski definition) is 1. The first kappa shape index (κ1) is 21.5. The van der Waals surface area contributed by atoms with Crippen molar-refractivity contribution in [1.82, 2.24) is 20.2 Å². The average Bonchev–Trinajstić information content (AvgIpc) is 3.22. The van der Waals surface area contributed by atoms with Crippen LogP contribution in [0.1, 0.15) is 23.2 Å². The summed E-state index contributed by atoms with van der Waals surface area (Å²) in [6, 6.07) is 16.4. The van der Waals surface area contributed by atoms with Gasteiger partial charge < -0.3 is 10.2 Å². The summed E-state index contributed by atoms with van der Waals surface area (Å²) in [6.45, 7) is 6.81. The zero-order valence-electron chi connectivity index (χ0n) is 17.9. The van der Waals surface area contributed by atoms with Gasteiger partial charge >= 0.3 is 0 Å². The standard InChI is InChI=1S/C24H29N5OS/c1-19(17-28-11-13-29(14-12-28)22-9-5-6-10-25-22)26-23(30)16-21-18-31-24(27-21)15-20-7-3-2-4-8-20/h2-10,18-19H,11-17H2,1H3,(H,26,30). The molecular formula is C24H29N5OS. The second-order valence-corrected chi connectivity index (χ2v) is 8.96. The molecule has 1 amide bonds. The molecule has 4 rings (SSSR count). The first-order valence-corrected chi connectivity index (χ1v) is 11.7. The SMILES string of the molecule is CC(CN1CCN(c2ccccn2)CC1)NC(=O)Cc1csc(Cc2ccccc2)n1. The molecule has 0 saturated carbocycles. The maximum atomic E-state index is 12.5. The van der Waals surface area contributed by atoms with Crippen LogP contribution >= 0.6 is 11.3 Å². The molecule has 1 atom stereocenters. The van der Waals surface area contributed by atoms with Crippen molar-refractivity contribution in [3.8, 4) is 0 Å². The van der Waals surface area contributed by atoms with Gasteiger partial charge in [0, 0.05) is 56.8 Å². The minimum absolute atomic E-state index is 0.0381. The molecule has 7 heteroatoms.